The fraction of sp³-hybridized carbons (Fsp3) is 0.769. The van der Waals surface area contributed by atoms with Crippen molar-refractivity contribution in [2.45, 2.75) is 58.2 Å². The number of carbonyl (C=O) groups excluding carboxylic acids is 1. The zero-order valence-corrected chi connectivity index (χ0v) is 10.3. The van der Waals surface area contributed by atoms with Gasteiger partial charge in [-0.1, -0.05) is 18.6 Å². The van der Waals surface area contributed by atoms with Gasteiger partial charge in [0.2, 0.25) is 0 Å². The highest BCUT2D eigenvalue weighted by molar-refractivity contribution is 5.69. The summed E-state index contributed by atoms with van der Waals surface area (Å²) in [5.74, 6) is -0.0759. The van der Waals surface area contributed by atoms with Crippen molar-refractivity contribution in [1.29, 1.82) is 0 Å². The van der Waals surface area contributed by atoms with Crippen molar-refractivity contribution in [3.05, 3.63) is 12.2 Å². The molecule has 0 aromatic heterocycles. The maximum Gasteiger partial charge on any atom is 0.306 e. The predicted molar refractivity (Wildman–Crippen MR) is 63.2 cm³/mol. The van der Waals surface area contributed by atoms with Crippen LogP contribution >= 0.6 is 0 Å². The summed E-state index contributed by atoms with van der Waals surface area (Å²) in [5.41, 5.74) is 1.03. The molecule has 0 N–H and O–H groups in total. The molecule has 16 heavy (non-hydrogen) atoms. The second-order valence-corrected chi connectivity index (χ2v) is 4.67. The molecule has 0 spiro atoms. The molecule has 1 heterocycles. The van der Waals surface area contributed by atoms with Crippen molar-refractivity contribution in [3.63, 3.8) is 0 Å². The lowest BCUT2D eigenvalue weighted by Gasteiger charge is -2.20. The van der Waals surface area contributed by atoms with Crippen LogP contribution in [0.25, 0.3) is 0 Å². The van der Waals surface area contributed by atoms with Gasteiger partial charge in [-0.15, -0.1) is 0 Å². The highest BCUT2D eigenvalue weighted by Gasteiger charge is 2.19. The second kappa shape index (κ2) is 6.69. The molecule has 2 atom stereocenters. The predicted octanol–water partition coefficient (Wildman–Crippen LogP) is 2.84. The first-order valence-electron chi connectivity index (χ1n) is 6.03. The largest absolute Gasteiger partial charge is 0.463 e. The van der Waals surface area contributed by atoms with E-state index >= 15 is 0 Å². The number of rotatable bonds is 3. The fourth-order valence-electron chi connectivity index (χ4n) is 1.87. The molecule has 0 aliphatic carbocycles. The van der Waals surface area contributed by atoms with Crippen LogP contribution in [0.15, 0.2) is 12.2 Å². The zero-order chi connectivity index (χ0) is 12.0. The van der Waals surface area contributed by atoms with Crippen LogP contribution in [-0.4, -0.2) is 24.8 Å². The van der Waals surface area contributed by atoms with Gasteiger partial charge >= 0.3 is 5.97 Å². The van der Waals surface area contributed by atoms with Crippen LogP contribution in [0.3, 0.4) is 0 Å². The number of cyclic esters (lactones) is 1. The van der Waals surface area contributed by atoms with Crippen molar-refractivity contribution in [2.75, 3.05) is 6.61 Å². The molecule has 1 fully saturated rings. The molecular weight excluding hydrogens is 204 g/mol. The molecule has 3 heteroatoms. The molecule has 1 unspecified atom stereocenters. The van der Waals surface area contributed by atoms with Gasteiger partial charge in [-0.05, 0) is 26.7 Å². The highest BCUT2D eigenvalue weighted by Crippen LogP contribution is 2.18. The summed E-state index contributed by atoms with van der Waals surface area (Å²) in [5, 5.41) is 0. The Kier molecular flexibility index (Phi) is 5.53. The maximum absolute atomic E-state index is 11.3. The van der Waals surface area contributed by atoms with Crippen molar-refractivity contribution in [2.24, 2.45) is 0 Å². The van der Waals surface area contributed by atoms with Crippen LogP contribution in [-0.2, 0) is 14.3 Å². The van der Waals surface area contributed by atoms with Crippen LogP contribution in [0, 0.1) is 0 Å². The van der Waals surface area contributed by atoms with Gasteiger partial charge in [-0.2, -0.15) is 0 Å². The average Bonchev–Trinajstić information content (AvgIpc) is 2.26. The van der Waals surface area contributed by atoms with Crippen molar-refractivity contribution >= 4 is 5.97 Å². The van der Waals surface area contributed by atoms with E-state index in [4.69, 9.17) is 9.47 Å². The van der Waals surface area contributed by atoms with E-state index in [9.17, 15) is 4.79 Å². The van der Waals surface area contributed by atoms with E-state index in [-0.39, 0.29) is 18.2 Å². The Morgan fingerprint density at radius 3 is 3.00 bits per heavy atom. The SMILES string of the molecule is C=C(C)COC1CCCCC(=O)O[C@@H](C)C1. The summed E-state index contributed by atoms with van der Waals surface area (Å²) in [7, 11) is 0. The molecule has 0 aromatic carbocycles. The maximum atomic E-state index is 11.3. The van der Waals surface area contributed by atoms with Crippen LogP contribution < -0.4 is 0 Å². The first kappa shape index (κ1) is 13.2. The summed E-state index contributed by atoms with van der Waals surface area (Å²) in [6.07, 6.45) is 4.42. The smallest absolute Gasteiger partial charge is 0.306 e. The van der Waals surface area contributed by atoms with E-state index in [0.717, 1.165) is 31.3 Å². The third kappa shape index (κ3) is 5.31. The molecule has 92 valence electrons. The van der Waals surface area contributed by atoms with Crippen molar-refractivity contribution < 1.29 is 14.3 Å². The number of hydrogen-bond acceptors (Lipinski definition) is 3. The molecule has 0 aromatic rings. The molecule has 0 radical (unpaired) electrons. The molecule has 0 bridgehead atoms. The molecule has 3 nitrogen and oxygen atoms in total. The van der Waals surface area contributed by atoms with E-state index < -0.39 is 0 Å². The third-order valence-corrected chi connectivity index (χ3v) is 2.65. The van der Waals surface area contributed by atoms with Gasteiger partial charge in [0.05, 0.1) is 12.7 Å². The first-order chi connectivity index (χ1) is 7.58. The first-order valence-corrected chi connectivity index (χ1v) is 6.03. The quantitative estimate of drug-likeness (QED) is 0.548. The van der Waals surface area contributed by atoms with Gasteiger partial charge < -0.3 is 9.47 Å². The molecule has 1 aliphatic rings. The van der Waals surface area contributed by atoms with Crippen molar-refractivity contribution in [3.8, 4) is 0 Å². The minimum atomic E-state index is -0.0759. The summed E-state index contributed by atoms with van der Waals surface area (Å²) in [6.45, 7) is 8.31. The Hall–Kier alpha value is -0.830. The molecule has 1 aliphatic heterocycles. The van der Waals surface area contributed by atoms with Gasteiger partial charge in [-0.3, -0.25) is 4.79 Å². The van der Waals surface area contributed by atoms with Gasteiger partial charge in [0.25, 0.3) is 0 Å². The Morgan fingerprint density at radius 2 is 2.31 bits per heavy atom. The Labute approximate surface area is 97.8 Å². The van der Waals surface area contributed by atoms with Gasteiger partial charge in [0, 0.05) is 12.8 Å². The van der Waals surface area contributed by atoms with E-state index in [1.54, 1.807) is 0 Å². The summed E-state index contributed by atoms with van der Waals surface area (Å²) >= 11 is 0. The zero-order valence-electron chi connectivity index (χ0n) is 10.3. The third-order valence-electron chi connectivity index (χ3n) is 2.65. The van der Waals surface area contributed by atoms with Crippen LogP contribution in [0.1, 0.15) is 46.0 Å². The number of ether oxygens (including phenoxy) is 2. The van der Waals surface area contributed by atoms with Crippen LogP contribution in [0.4, 0.5) is 0 Å². The summed E-state index contributed by atoms with van der Waals surface area (Å²) in [4.78, 5) is 11.3. The minimum Gasteiger partial charge on any atom is -0.463 e. The number of carbonyl (C=O) groups is 1. The lowest BCUT2D eigenvalue weighted by molar-refractivity contribution is -0.149. The average molecular weight is 226 g/mol. The standard InChI is InChI=1S/C13H22O3/c1-10(2)9-15-12-6-4-5-7-13(14)16-11(3)8-12/h11-12H,1,4-9H2,2-3H3/t11-,12?/m0/s1. The molecule has 0 saturated carbocycles. The summed E-state index contributed by atoms with van der Waals surface area (Å²) in [6, 6.07) is 0. The second-order valence-electron chi connectivity index (χ2n) is 4.67. The Morgan fingerprint density at radius 1 is 1.56 bits per heavy atom. The van der Waals surface area contributed by atoms with Crippen LogP contribution in [0.5, 0.6) is 0 Å². The molecule has 0 amide bonds. The topological polar surface area (TPSA) is 35.5 Å². The van der Waals surface area contributed by atoms with Crippen LogP contribution in [0.2, 0.25) is 0 Å². The van der Waals surface area contributed by atoms with Crippen molar-refractivity contribution in [1.82, 2.24) is 0 Å². The fourth-order valence-corrected chi connectivity index (χ4v) is 1.87. The lowest BCUT2D eigenvalue weighted by Crippen LogP contribution is -2.22. The lowest BCUT2D eigenvalue weighted by atomic mass is 10.1. The molecule has 1 saturated heterocycles. The van der Waals surface area contributed by atoms with E-state index in [2.05, 4.69) is 6.58 Å². The summed E-state index contributed by atoms with van der Waals surface area (Å²) < 4.78 is 11.0. The van der Waals surface area contributed by atoms with Gasteiger partial charge in [-0.25, -0.2) is 0 Å². The van der Waals surface area contributed by atoms with Gasteiger partial charge in [0.1, 0.15) is 6.10 Å². The van der Waals surface area contributed by atoms with E-state index in [0.29, 0.717) is 13.0 Å². The number of esters is 1. The Balaban J connectivity index is 2.43. The van der Waals surface area contributed by atoms with Gasteiger partial charge in [0.15, 0.2) is 0 Å². The molecular formula is C13H22O3. The monoisotopic (exact) mass is 226 g/mol. The van der Waals surface area contributed by atoms with E-state index in [1.165, 1.54) is 0 Å². The minimum absolute atomic E-state index is 0.0410. The number of hydrogen-bond donors (Lipinski definition) is 0. The Bertz CT molecular complexity index is 248. The molecule has 1 rings (SSSR count). The van der Waals surface area contributed by atoms with E-state index in [1.807, 2.05) is 13.8 Å². The normalized spacial score (nSPS) is 27.5. The highest BCUT2D eigenvalue weighted by atomic mass is 16.5.